The summed E-state index contributed by atoms with van der Waals surface area (Å²) in [4.78, 5) is 10.7. The van der Waals surface area contributed by atoms with Crippen molar-refractivity contribution in [1.82, 2.24) is 5.32 Å². The summed E-state index contributed by atoms with van der Waals surface area (Å²) in [5.41, 5.74) is 5.06. The second kappa shape index (κ2) is 7.47. The molecule has 1 atom stereocenters. The SMILES string of the molecule is CC(=O)NCC1CN(S(=O)(=O)c2cccc(C(F)(F)F)c2)c2cc(N)ccc2O1. The van der Waals surface area contributed by atoms with E-state index < -0.39 is 32.8 Å². The summed E-state index contributed by atoms with van der Waals surface area (Å²) in [7, 11) is -4.36. The fourth-order valence-corrected chi connectivity index (χ4v) is 4.43. The van der Waals surface area contributed by atoms with Crippen molar-refractivity contribution in [2.24, 2.45) is 0 Å². The topological polar surface area (TPSA) is 102 Å². The summed E-state index contributed by atoms with van der Waals surface area (Å²) in [5.74, 6) is -0.139. The Morgan fingerprint density at radius 3 is 2.66 bits per heavy atom. The molecule has 0 spiro atoms. The van der Waals surface area contributed by atoms with E-state index in [0.717, 1.165) is 22.5 Å². The number of halogens is 3. The first-order valence-electron chi connectivity index (χ1n) is 8.49. The molecule has 1 aliphatic rings. The van der Waals surface area contributed by atoms with Gasteiger partial charge >= 0.3 is 6.18 Å². The van der Waals surface area contributed by atoms with Gasteiger partial charge in [0.05, 0.1) is 29.2 Å². The molecule has 0 aliphatic carbocycles. The highest BCUT2D eigenvalue weighted by atomic mass is 32.2. The highest BCUT2D eigenvalue weighted by Crippen LogP contribution is 2.39. The summed E-state index contributed by atoms with van der Waals surface area (Å²) < 4.78 is 72.2. The first kappa shape index (κ1) is 20.8. The first-order valence-corrected chi connectivity index (χ1v) is 9.93. The number of hydrogen-bond donors (Lipinski definition) is 2. The standard InChI is InChI=1S/C18H18F3N3O4S/c1-11(25)23-9-14-10-24(16-8-13(22)5-6-17(16)28-14)29(26,27)15-4-2-3-12(7-15)18(19,20)21/h2-8,14H,9-10,22H2,1H3,(H,23,25). The zero-order valence-corrected chi connectivity index (χ0v) is 16.0. The Morgan fingerprint density at radius 1 is 1.28 bits per heavy atom. The van der Waals surface area contributed by atoms with Crippen LogP contribution in [0.15, 0.2) is 47.4 Å². The Kier molecular flexibility index (Phi) is 5.35. The fourth-order valence-electron chi connectivity index (χ4n) is 2.88. The van der Waals surface area contributed by atoms with Gasteiger partial charge in [-0.3, -0.25) is 9.10 Å². The van der Waals surface area contributed by atoms with Crippen LogP contribution in [0, 0.1) is 0 Å². The average Bonchev–Trinajstić information content (AvgIpc) is 2.65. The van der Waals surface area contributed by atoms with Crippen LogP contribution in [0.25, 0.3) is 0 Å². The lowest BCUT2D eigenvalue weighted by molar-refractivity contribution is -0.137. The van der Waals surface area contributed by atoms with Crippen molar-refractivity contribution in [1.29, 1.82) is 0 Å². The van der Waals surface area contributed by atoms with E-state index >= 15 is 0 Å². The summed E-state index contributed by atoms with van der Waals surface area (Å²) in [6.07, 6.45) is -5.43. The molecule has 0 aromatic heterocycles. The Labute approximate surface area is 165 Å². The number of alkyl halides is 3. The molecule has 3 rings (SSSR count). The number of rotatable bonds is 4. The number of sulfonamides is 1. The number of ether oxygens (including phenoxy) is 1. The molecular weight excluding hydrogens is 411 g/mol. The smallest absolute Gasteiger partial charge is 0.416 e. The molecule has 2 aromatic rings. The number of benzene rings is 2. The minimum atomic E-state index is -4.69. The van der Waals surface area contributed by atoms with Gasteiger partial charge in [0.1, 0.15) is 11.9 Å². The number of hydrogen-bond acceptors (Lipinski definition) is 5. The van der Waals surface area contributed by atoms with E-state index in [9.17, 15) is 26.4 Å². The third-order valence-corrected chi connectivity index (χ3v) is 6.02. The number of amides is 1. The maximum Gasteiger partial charge on any atom is 0.416 e. The summed E-state index contributed by atoms with van der Waals surface area (Å²) in [6.45, 7) is 1.11. The van der Waals surface area contributed by atoms with Crippen LogP contribution >= 0.6 is 0 Å². The largest absolute Gasteiger partial charge is 0.484 e. The second-order valence-electron chi connectivity index (χ2n) is 6.47. The van der Waals surface area contributed by atoms with Crippen LogP contribution in [0.4, 0.5) is 24.5 Å². The van der Waals surface area contributed by atoms with Crippen LogP contribution in [0.3, 0.4) is 0 Å². The van der Waals surface area contributed by atoms with Crippen LogP contribution in [-0.4, -0.2) is 33.5 Å². The van der Waals surface area contributed by atoms with Crippen LogP contribution in [0.2, 0.25) is 0 Å². The zero-order chi connectivity index (χ0) is 21.4. The normalized spacial score (nSPS) is 16.7. The molecule has 0 radical (unpaired) electrons. The highest BCUT2D eigenvalue weighted by molar-refractivity contribution is 7.92. The molecule has 1 heterocycles. The van der Waals surface area contributed by atoms with Gasteiger partial charge in [-0.05, 0) is 36.4 Å². The molecular formula is C18H18F3N3O4S. The van der Waals surface area contributed by atoms with Gasteiger partial charge in [-0.25, -0.2) is 8.42 Å². The molecule has 2 aromatic carbocycles. The lowest BCUT2D eigenvalue weighted by atomic mass is 10.2. The van der Waals surface area contributed by atoms with Gasteiger partial charge in [-0.15, -0.1) is 0 Å². The van der Waals surface area contributed by atoms with Crippen LogP contribution < -0.4 is 20.1 Å². The molecule has 3 N–H and O–H groups in total. The highest BCUT2D eigenvalue weighted by Gasteiger charge is 2.37. The molecule has 1 amide bonds. The Balaban J connectivity index is 2.05. The van der Waals surface area contributed by atoms with Crippen molar-refractivity contribution < 1.29 is 31.1 Å². The predicted molar refractivity (Wildman–Crippen MR) is 99.9 cm³/mol. The predicted octanol–water partition coefficient (Wildman–Crippen LogP) is 2.38. The van der Waals surface area contributed by atoms with Crippen molar-refractivity contribution in [3.63, 3.8) is 0 Å². The minimum absolute atomic E-state index is 0.0216. The molecule has 0 fully saturated rings. The van der Waals surface area contributed by atoms with Gasteiger partial charge in [0.25, 0.3) is 10.0 Å². The molecule has 0 saturated carbocycles. The van der Waals surface area contributed by atoms with Gasteiger partial charge in [0.15, 0.2) is 0 Å². The number of anilines is 2. The van der Waals surface area contributed by atoms with Crippen LogP contribution in [-0.2, 0) is 21.0 Å². The molecule has 29 heavy (non-hydrogen) atoms. The lowest BCUT2D eigenvalue weighted by Crippen LogP contribution is -2.48. The van der Waals surface area contributed by atoms with Crippen molar-refractivity contribution in [2.45, 2.75) is 24.1 Å². The molecule has 1 unspecified atom stereocenters. The first-order chi connectivity index (χ1) is 13.5. The van der Waals surface area contributed by atoms with E-state index in [-0.39, 0.29) is 36.1 Å². The van der Waals surface area contributed by atoms with E-state index in [1.807, 2.05) is 0 Å². The second-order valence-corrected chi connectivity index (χ2v) is 8.33. The third-order valence-electron chi connectivity index (χ3n) is 4.24. The third kappa shape index (κ3) is 4.39. The molecule has 7 nitrogen and oxygen atoms in total. The molecule has 11 heteroatoms. The van der Waals surface area contributed by atoms with E-state index in [2.05, 4.69) is 5.32 Å². The molecule has 0 saturated heterocycles. The van der Waals surface area contributed by atoms with Gasteiger partial charge in [0.2, 0.25) is 5.91 Å². The van der Waals surface area contributed by atoms with E-state index in [0.29, 0.717) is 6.07 Å². The summed E-state index contributed by atoms with van der Waals surface area (Å²) >= 11 is 0. The Morgan fingerprint density at radius 2 is 2.00 bits per heavy atom. The minimum Gasteiger partial charge on any atom is -0.484 e. The number of nitrogens with one attached hydrogen (secondary N) is 1. The maximum absolute atomic E-state index is 13.2. The van der Waals surface area contributed by atoms with E-state index in [1.165, 1.54) is 25.1 Å². The van der Waals surface area contributed by atoms with Gasteiger partial charge in [-0.2, -0.15) is 13.2 Å². The van der Waals surface area contributed by atoms with Crippen LogP contribution in [0.1, 0.15) is 12.5 Å². The Bertz CT molecular complexity index is 1040. The zero-order valence-electron chi connectivity index (χ0n) is 15.2. The van der Waals surface area contributed by atoms with Crippen LogP contribution in [0.5, 0.6) is 5.75 Å². The average molecular weight is 429 g/mol. The van der Waals surface area contributed by atoms with Gasteiger partial charge in [0, 0.05) is 12.6 Å². The van der Waals surface area contributed by atoms with Gasteiger partial charge < -0.3 is 15.8 Å². The number of nitrogen functional groups attached to an aromatic ring is 1. The summed E-state index contributed by atoms with van der Waals surface area (Å²) in [6, 6.07) is 7.85. The molecule has 0 bridgehead atoms. The van der Waals surface area contributed by atoms with Crippen molar-refractivity contribution in [3.05, 3.63) is 48.0 Å². The lowest BCUT2D eigenvalue weighted by Gasteiger charge is -2.35. The monoisotopic (exact) mass is 429 g/mol. The quantitative estimate of drug-likeness (QED) is 0.727. The number of carbonyl (C=O) groups is 1. The maximum atomic E-state index is 13.2. The number of nitrogens with zero attached hydrogens (tertiary/aromatic N) is 1. The fraction of sp³-hybridized carbons (Fsp3) is 0.278. The molecule has 1 aliphatic heterocycles. The van der Waals surface area contributed by atoms with Crippen molar-refractivity contribution >= 4 is 27.3 Å². The number of carbonyl (C=O) groups excluding carboxylic acids is 1. The summed E-state index contributed by atoms with van der Waals surface area (Å²) in [5, 5.41) is 2.54. The van der Waals surface area contributed by atoms with Gasteiger partial charge in [-0.1, -0.05) is 6.07 Å². The van der Waals surface area contributed by atoms with Crippen molar-refractivity contribution in [2.75, 3.05) is 23.1 Å². The number of nitrogens with two attached hydrogens (primary N) is 1. The Hall–Kier alpha value is -2.95. The number of fused-ring (bicyclic) bond motifs is 1. The van der Waals surface area contributed by atoms with E-state index in [1.54, 1.807) is 0 Å². The van der Waals surface area contributed by atoms with Crippen molar-refractivity contribution in [3.8, 4) is 5.75 Å². The molecule has 156 valence electrons. The van der Waals surface area contributed by atoms with E-state index in [4.69, 9.17) is 10.5 Å².